The fraction of sp³-hybridized carbons (Fsp3) is 1.00. The second-order valence-electron chi connectivity index (χ2n) is 2.54. The molecule has 0 rings (SSSR count). The van der Waals surface area contributed by atoms with Crippen LogP contribution in [0.2, 0.25) is 0 Å². The third-order valence-electron chi connectivity index (χ3n) is 1.41. The minimum absolute atomic E-state index is 0.855. The second kappa shape index (κ2) is 6.81. The van der Waals surface area contributed by atoms with Gasteiger partial charge in [0.1, 0.15) is 0 Å². The lowest BCUT2D eigenvalue weighted by Crippen LogP contribution is -2.01. The molecule has 9 heavy (non-hydrogen) atoms. The molecular formula is C7H16IN. The molecule has 0 saturated carbocycles. The topological polar surface area (TPSA) is 26.0 Å². The van der Waals surface area contributed by atoms with E-state index >= 15 is 0 Å². The Morgan fingerprint density at radius 2 is 2.11 bits per heavy atom. The van der Waals surface area contributed by atoms with Crippen molar-refractivity contribution in [3.8, 4) is 0 Å². The van der Waals surface area contributed by atoms with Crippen molar-refractivity contribution < 1.29 is 0 Å². The van der Waals surface area contributed by atoms with Crippen LogP contribution in [0.3, 0.4) is 0 Å². The number of nitrogens with two attached hydrogens (primary N) is 1. The molecule has 2 N–H and O–H groups in total. The Morgan fingerprint density at radius 1 is 1.44 bits per heavy atom. The first-order chi connectivity index (χ1) is 4.31. The Labute approximate surface area is 71.5 Å². The van der Waals surface area contributed by atoms with Crippen molar-refractivity contribution in [2.45, 2.75) is 26.2 Å². The molecule has 0 aliphatic carbocycles. The van der Waals surface area contributed by atoms with E-state index in [1.165, 1.54) is 23.7 Å². The van der Waals surface area contributed by atoms with Crippen molar-refractivity contribution in [2.24, 2.45) is 11.7 Å². The highest BCUT2D eigenvalue weighted by atomic mass is 127. The van der Waals surface area contributed by atoms with Crippen LogP contribution in [0.25, 0.3) is 0 Å². The summed E-state index contributed by atoms with van der Waals surface area (Å²) in [6, 6.07) is 0. The van der Waals surface area contributed by atoms with E-state index in [1.807, 2.05) is 0 Å². The molecule has 0 fully saturated rings. The zero-order valence-electron chi connectivity index (χ0n) is 6.07. The summed E-state index contributed by atoms with van der Waals surface area (Å²) < 4.78 is 1.28. The van der Waals surface area contributed by atoms with E-state index in [2.05, 4.69) is 29.5 Å². The van der Waals surface area contributed by atoms with Crippen molar-refractivity contribution in [3.05, 3.63) is 0 Å². The molecule has 0 radical (unpaired) electrons. The van der Waals surface area contributed by atoms with Gasteiger partial charge in [-0.25, -0.2) is 0 Å². The maximum atomic E-state index is 5.35. The number of rotatable bonds is 5. The normalized spacial score (nSPS) is 13.7. The van der Waals surface area contributed by atoms with E-state index in [1.54, 1.807) is 0 Å². The molecule has 0 aromatic carbocycles. The molecule has 0 aliphatic heterocycles. The quantitative estimate of drug-likeness (QED) is 0.445. The van der Waals surface area contributed by atoms with Crippen LogP contribution >= 0.6 is 22.6 Å². The van der Waals surface area contributed by atoms with Gasteiger partial charge in [-0.3, -0.25) is 0 Å². The molecule has 0 aromatic rings. The molecule has 0 amide bonds. The van der Waals surface area contributed by atoms with Crippen LogP contribution in [-0.4, -0.2) is 11.0 Å². The summed E-state index contributed by atoms with van der Waals surface area (Å²) >= 11 is 2.43. The van der Waals surface area contributed by atoms with Crippen LogP contribution in [0.15, 0.2) is 0 Å². The fourth-order valence-corrected chi connectivity index (χ4v) is 1.15. The SMILES string of the molecule is CC(CI)CCCCN. The predicted molar refractivity (Wildman–Crippen MR) is 51.0 cm³/mol. The molecule has 0 spiro atoms. The zero-order chi connectivity index (χ0) is 7.11. The van der Waals surface area contributed by atoms with Crippen molar-refractivity contribution in [2.75, 3.05) is 11.0 Å². The molecule has 0 aromatic heterocycles. The molecule has 0 bridgehead atoms. The lowest BCUT2D eigenvalue weighted by molar-refractivity contribution is 0.554. The third-order valence-corrected chi connectivity index (χ3v) is 2.92. The van der Waals surface area contributed by atoms with Crippen molar-refractivity contribution in [1.29, 1.82) is 0 Å². The smallest absolute Gasteiger partial charge is 0.00210 e. The van der Waals surface area contributed by atoms with Gasteiger partial charge in [-0.15, -0.1) is 0 Å². The fourth-order valence-electron chi connectivity index (χ4n) is 0.714. The molecule has 2 heteroatoms. The molecule has 1 nitrogen and oxygen atoms in total. The third kappa shape index (κ3) is 6.58. The number of hydrogen-bond donors (Lipinski definition) is 1. The van der Waals surface area contributed by atoms with Crippen LogP contribution in [-0.2, 0) is 0 Å². The van der Waals surface area contributed by atoms with Gasteiger partial charge in [-0.2, -0.15) is 0 Å². The minimum atomic E-state index is 0.855. The van der Waals surface area contributed by atoms with Crippen LogP contribution < -0.4 is 5.73 Å². The van der Waals surface area contributed by atoms with Gasteiger partial charge in [0.05, 0.1) is 0 Å². The lowest BCUT2D eigenvalue weighted by Gasteiger charge is -2.04. The molecule has 0 saturated heterocycles. The molecule has 0 heterocycles. The summed E-state index contributed by atoms with van der Waals surface area (Å²) in [4.78, 5) is 0. The van der Waals surface area contributed by atoms with Gasteiger partial charge in [0.15, 0.2) is 0 Å². The Kier molecular flexibility index (Phi) is 7.33. The number of alkyl halides is 1. The molecule has 0 aliphatic rings. The Morgan fingerprint density at radius 3 is 2.56 bits per heavy atom. The maximum absolute atomic E-state index is 5.35. The van der Waals surface area contributed by atoms with Crippen LogP contribution in [0.5, 0.6) is 0 Å². The van der Waals surface area contributed by atoms with Crippen LogP contribution in [0.1, 0.15) is 26.2 Å². The van der Waals surface area contributed by atoms with Crippen molar-refractivity contribution in [1.82, 2.24) is 0 Å². The monoisotopic (exact) mass is 241 g/mol. The summed E-state index contributed by atoms with van der Waals surface area (Å²) in [6.07, 6.45) is 3.85. The van der Waals surface area contributed by atoms with Gasteiger partial charge in [-0.1, -0.05) is 35.9 Å². The van der Waals surface area contributed by atoms with Crippen molar-refractivity contribution in [3.63, 3.8) is 0 Å². The Hall–Kier alpha value is 0.690. The van der Waals surface area contributed by atoms with Crippen LogP contribution in [0.4, 0.5) is 0 Å². The second-order valence-corrected chi connectivity index (χ2v) is 3.42. The molecule has 1 atom stereocenters. The van der Waals surface area contributed by atoms with Crippen LogP contribution in [0, 0.1) is 5.92 Å². The van der Waals surface area contributed by atoms with Gasteiger partial charge in [0.2, 0.25) is 0 Å². The van der Waals surface area contributed by atoms with E-state index in [0.29, 0.717) is 0 Å². The van der Waals surface area contributed by atoms with E-state index in [0.717, 1.165) is 12.5 Å². The van der Waals surface area contributed by atoms with E-state index in [4.69, 9.17) is 5.73 Å². The van der Waals surface area contributed by atoms with Gasteiger partial charge >= 0.3 is 0 Å². The van der Waals surface area contributed by atoms with Gasteiger partial charge in [-0.05, 0) is 25.3 Å². The molecule has 56 valence electrons. The molecular weight excluding hydrogens is 225 g/mol. The van der Waals surface area contributed by atoms with E-state index < -0.39 is 0 Å². The Bertz CT molecular complexity index is 56.9. The average molecular weight is 241 g/mol. The van der Waals surface area contributed by atoms with Gasteiger partial charge < -0.3 is 5.73 Å². The average Bonchev–Trinajstić information content (AvgIpc) is 1.89. The standard InChI is InChI=1S/C7H16IN/c1-7(6-8)4-2-3-5-9/h7H,2-6,9H2,1H3. The van der Waals surface area contributed by atoms with Gasteiger partial charge in [0, 0.05) is 4.43 Å². The number of unbranched alkanes of at least 4 members (excludes halogenated alkanes) is 1. The number of halogens is 1. The predicted octanol–water partition coefficient (Wildman–Crippen LogP) is 2.19. The summed E-state index contributed by atoms with van der Waals surface area (Å²) in [6.45, 7) is 3.15. The summed E-state index contributed by atoms with van der Waals surface area (Å²) in [5.41, 5.74) is 5.35. The lowest BCUT2D eigenvalue weighted by atomic mass is 10.1. The van der Waals surface area contributed by atoms with Crippen molar-refractivity contribution >= 4 is 22.6 Å². The minimum Gasteiger partial charge on any atom is -0.330 e. The maximum Gasteiger partial charge on any atom is 0.00210 e. The first-order valence-electron chi connectivity index (χ1n) is 3.57. The first-order valence-corrected chi connectivity index (χ1v) is 5.09. The summed E-state index contributed by atoms with van der Waals surface area (Å²) in [5, 5.41) is 0. The highest BCUT2D eigenvalue weighted by Gasteiger charge is 1.96. The summed E-state index contributed by atoms with van der Waals surface area (Å²) in [5.74, 6) is 0.886. The zero-order valence-corrected chi connectivity index (χ0v) is 8.23. The van der Waals surface area contributed by atoms with Gasteiger partial charge in [0.25, 0.3) is 0 Å². The molecule has 1 unspecified atom stereocenters. The highest BCUT2D eigenvalue weighted by molar-refractivity contribution is 14.1. The number of hydrogen-bond acceptors (Lipinski definition) is 1. The summed E-state index contributed by atoms with van der Waals surface area (Å²) in [7, 11) is 0. The largest absolute Gasteiger partial charge is 0.330 e. The van der Waals surface area contributed by atoms with E-state index in [9.17, 15) is 0 Å². The highest BCUT2D eigenvalue weighted by Crippen LogP contribution is 2.09. The first kappa shape index (κ1) is 9.69. The Balaban J connectivity index is 2.88. The van der Waals surface area contributed by atoms with E-state index in [-0.39, 0.29) is 0 Å².